The van der Waals surface area contributed by atoms with Gasteiger partial charge in [0.25, 0.3) is 0 Å². The SMILES string of the molecule is CCCNC(C=C(C)C)c1cc(C)ccc1F. The number of nitrogens with one attached hydrogen (secondary N) is 1. The van der Waals surface area contributed by atoms with Crippen LogP contribution in [-0.4, -0.2) is 6.54 Å². The number of halogens is 1. The molecule has 0 aromatic heterocycles. The Balaban J connectivity index is 3.03. The van der Waals surface area contributed by atoms with Crippen molar-refractivity contribution in [2.75, 3.05) is 6.54 Å². The van der Waals surface area contributed by atoms with Gasteiger partial charge < -0.3 is 5.32 Å². The minimum Gasteiger partial charge on any atom is -0.307 e. The molecule has 0 heterocycles. The average Bonchev–Trinajstić information content (AvgIpc) is 2.27. The fourth-order valence-electron chi connectivity index (χ4n) is 1.79. The van der Waals surface area contributed by atoms with Crippen LogP contribution in [0.25, 0.3) is 0 Å². The zero-order valence-electron chi connectivity index (χ0n) is 11.2. The van der Waals surface area contributed by atoms with Gasteiger partial charge in [-0.25, -0.2) is 4.39 Å². The summed E-state index contributed by atoms with van der Waals surface area (Å²) in [6, 6.07) is 5.24. The maximum absolute atomic E-state index is 13.8. The summed E-state index contributed by atoms with van der Waals surface area (Å²) in [6.45, 7) is 9.06. The summed E-state index contributed by atoms with van der Waals surface area (Å²) in [5.41, 5.74) is 3.02. The number of hydrogen-bond donors (Lipinski definition) is 1. The van der Waals surface area contributed by atoms with Crippen LogP contribution >= 0.6 is 0 Å². The van der Waals surface area contributed by atoms with Crippen molar-refractivity contribution in [1.29, 1.82) is 0 Å². The van der Waals surface area contributed by atoms with E-state index in [9.17, 15) is 4.39 Å². The molecule has 1 unspecified atom stereocenters. The van der Waals surface area contributed by atoms with Crippen molar-refractivity contribution in [3.05, 3.63) is 46.8 Å². The van der Waals surface area contributed by atoms with Crippen molar-refractivity contribution >= 4 is 0 Å². The molecule has 1 aromatic carbocycles. The topological polar surface area (TPSA) is 12.0 Å². The first-order valence-electron chi connectivity index (χ1n) is 6.19. The number of benzene rings is 1. The van der Waals surface area contributed by atoms with Gasteiger partial charge in [-0.15, -0.1) is 0 Å². The molecule has 1 N–H and O–H groups in total. The van der Waals surface area contributed by atoms with Gasteiger partial charge in [0.1, 0.15) is 5.82 Å². The Morgan fingerprint density at radius 3 is 2.71 bits per heavy atom. The molecule has 1 nitrogen and oxygen atoms in total. The summed E-state index contributed by atoms with van der Waals surface area (Å²) >= 11 is 0. The number of rotatable bonds is 5. The quantitative estimate of drug-likeness (QED) is 0.756. The second kappa shape index (κ2) is 6.55. The maximum Gasteiger partial charge on any atom is 0.128 e. The van der Waals surface area contributed by atoms with Crippen molar-refractivity contribution in [2.45, 2.75) is 40.2 Å². The molecule has 1 aromatic rings. The molecule has 0 aliphatic carbocycles. The molecule has 1 atom stereocenters. The number of hydrogen-bond acceptors (Lipinski definition) is 1. The summed E-state index contributed by atoms with van der Waals surface area (Å²) in [5, 5.41) is 3.37. The largest absolute Gasteiger partial charge is 0.307 e. The molecule has 94 valence electrons. The molecule has 0 bridgehead atoms. The van der Waals surface area contributed by atoms with Gasteiger partial charge in [-0.1, -0.05) is 36.3 Å². The average molecular weight is 235 g/mol. The third-order valence-corrected chi connectivity index (χ3v) is 2.60. The first kappa shape index (κ1) is 13.9. The fourth-order valence-corrected chi connectivity index (χ4v) is 1.79. The van der Waals surface area contributed by atoms with Gasteiger partial charge in [0.2, 0.25) is 0 Å². The highest BCUT2D eigenvalue weighted by atomic mass is 19.1. The van der Waals surface area contributed by atoms with E-state index in [-0.39, 0.29) is 11.9 Å². The van der Waals surface area contributed by atoms with E-state index in [1.165, 1.54) is 5.57 Å². The smallest absolute Gasteiger partial charge is 0.128 e. The standard InChI is InChI=1S/C15H22FN/c1-5-8-17-15(9-11(2)3)13-10-12(4)6-7-14(13)16/h6-7,9-10,15,17H,5,8H2,1-4H3. The Hall–Kier alpha value is -1.15. The van der Waals surface area contributed by atoms with Crippen molar-refractivity contribution in [2.24, 2.45) is 0 Å². The Bertz CT molecular complexity index is 392. The second-order valence-electron chi connectivity index (χ2n) is 4.70. The first-order valence-corrected chi connectivity index (χ1v) is 6.19. The molecule has 2 heteroatoms. The normalized spacial score (nSPS) is 12.3. The molecular formula is C15H22FN. The highest BCUT2D eigenvalue weighted by Crippen LogP contribution is 2.21. The monoisotopic (exact) mass is 235 g/mol. The fraction of sp³-hybridized carbons (Fsp3) is 0.467. The molecule has 0 spiro atoms. The highest BCUT2D eigenvalue weighted by Gasteiger charge is 2.12. The lowest BCUT2D eigenvalue weighted by Gasteiger charge is -2.17. The molecule has 0 saturated heterocycles. The van der Waals surface area contributed by atoms with E-state index in [2.05, 4.69) is 18.3 Å². The van der Waals surface area contributed by atoms with Gasteiger partial charge in [-0.05, 0) is 39.8 Å². The Morgan fingerprint density at radius 2 is 2.12 bits per heavy atom. The third kappa shape index (κ3) is 4.31. The van der Waals surface area contributed by atoms with E-state index >= 15 is 0 Å². The Morgan fingerprint density at radius 1 is 1.41 bits per heavy atom. The molecule has 0 aliphatic heterocycles. The van der Waals surface area contributed by atoms with Crippen LogP contribution in [0.2, 0.25) is 0 Å². The minimum atomic E-state index is -0.137. The van der Waals surface area contributed by atoms with E-state index in [0.717, 1.165) is 24.1 Å². The van der Waals surface area contributed by atoms with Crippen LogP contribution in [0, 0.1) is 12.7 Å². The van der Waals surface area contributed by atoms with Gasteiger partial charge in [-0.3, -0.25) is 0 Å². The van der Waals surface area contributed by atoms with Crippen LogP contribution in [0.3, 0.4) is 0 Å². The van der Waals surface area contributed by atoms with Gasteiger partial charge in [0, 0.05) is 5.56 Å². The highest BCUT2D eigenvalue weighted by molar-refractivity contribution is 5.30. The predicted molar refractivity (Wildman–Crippen MR) is 71.6 cm³/mol. The van der Waals surface area contributed by atoms with Crippen LogP contribution in [-0.2, 0) is 0 Å². The van der Waals surface area contributed by atoms with E-state index in [4.69, 9.17) is 0 Å². The third-order valence-electron chi connectivity index (χ3n) is 2.60. The lowest BCUT2D eigenvalue weighted by atomic mass is 10.0. The zero-order chi connectivity index (χ0) is 12.8. The van der Waals surface area contributed by atoms with Crippen LogP contribution in [0.15, 0.2) is 29.8 Å². The molecule has 0 saturated carbocycles. The maximum atomic E-state index is 13.8. The number of aryl methyl sites for hydroxylation is 1. The molecule has 0 fully saturated rings. The Labute approximate surface area is 104 Å². The van der Waals surface area contributed by atoms with Gasteiger partial charge >= 0.3 is 0 Å². The van der Waals surface area contributed by atoms with Crippen molar-refractivity contribution in [1.82, 2.24) is 5.32 Å². The van der Waals surface area contributed by atoms with Crippen LogP contribution in [0.5, 0.6) is 0 Å². The van der Waals surface area contributed by atoms with Crippen LogP contribution in [0.1, 0.15) is 44.4 Å². The van der Waals surface area contributed by atoms with Crippen molar-refractivity contribution in [3.63, 3.8) is 0 Å². The molecule has 17 heavy (non-hydrogen) atoms. The van der Waals surface area contributed by atoms with E-state index < -0.39 is 0 Å². The summed E-state index contributed by atoms with van der Waals surface area (Å²) in [4.78, 5) is 0. The van der Waals surface area contributed by atoms with E-state index in [1.807, 2.05) is 26.8 Å². The lowest BCUT2D eigenvalue weighted by molar-refractivity contribution is 0.553. The first-order chi connectivity index (χ1) is 8.04. The molecule has 0 radical (unpaired) electrons. The van der Waals surface area contributed by atoms with Gasteiger partial charge in [0.15, 0.2) is 0 Å². The molecule has 0 aliphatic rings. The summed E-state index contributed by atoms with van der Waals surface area (Å²) in [7, 11) is 0. The van der Waals surface area contributed by atoms with Gasteiger partial charge in [0.05, 0.1) is 6.04 Å². The minimum absolute atomic E-state index is 0.0279. The predicted octanol–water partition coefficient (Wildman–Crippen LogP) is 4.14. The second-order valence-corrected chi connectivity index (χ2v) is 4.70. The summed E-state index contributed by atoms with van der Waals surface area (Å²) < 4.78 is 13.8. The summed E-state index contributed by atoms with van der Waals surface area (Å²) in [6.07, 6.45) is 3.12. The lowest BCUT2D eigenvalue weighted by Crippen LogP contribution is -2.21. The Kier molecular flexibility index (Phi) is 5.36. The van der Waals surface area contributed by atoms with Crippen LogP contribution in [0.4, 0.5) is 4.39 Å². The molecule has 1 rings (SSSR count). The van der Waals surface area contributed by atoms with Crippen molar-refractivity contribution in [3.8, 4) is 0 Å². The van der Waals surface area contributed by atoms with Crippen molar-refractivity contribution < 1.29 is 4.39 Å². The molecule has 0 amide bonds. The zero-order valence-corrected chi connectivity index (χ0v) is 11.2. The van der Waals surface area contributed by atoms with Gasteiger partial charge in [-0.2, -0.15) is 0 Å². The number of allylic oxidation sites excluding steroid dienone is 1. The molecular weight excluding hydrogens is 213 g/mol. The van der Waals surface area contributed by atoms with Crippen LogP contribution < -0.4 is 5.32 Å². The van der Waals surface area contributed by atoms with E-state index in [1.54, 1.807) is 12.1 Å². The van der Waals surface area contributed by atoms with E-state index in [0.29, 0.717) is 0 Å². The summed E-state index contributed by atoms with van der Waals surface area (Å²) in [5.74, 6) is -0.137.